The van der Waals surface area contributed by atoms with E-state index < -0.39 is 0 Å². The molecule has 3 rings (SSSR count). The first-order chi connectivity index (χ1) is 12.6. The second-order valence-electron chi connectivity index (χ2n) is 6.83. The Morgan fingerprint density at radius 3 is 2.78 bits per heavy atom. The average Bonchev–Trinajstić information content (AvgIpc) is 3.07. The summed E-state index contributed by atoms with van der Waals surface area (Å²) >= 11 is 0. The molecule has 2 N–H and O–H groups in total. The van der Waals surface area contributed by atoms with Gasteiger partial charge in [-0.05, 0) is 25.0 Å². The van der Waals surface area contributed by atoms with E-state index in [1.807, 2.05) is 28.8 Å². The summed E-state index contributed by atoms with van der Waals surface area (Å²) in [6, 6.07) is 6.19. The lowest BCUT2D eigenvalue weighted by molar-refractivity contribution is -0.127. The molecule has 2 aromatic heterocycles. The van der Waals surface area contributed by atoms with Crippen molar-refractivity contribution in [3.05, 3.63) is 30.2 Å². The molecule has 9 heteroatoms. The zero-order valence-corrected chi connectivity index (χ0v) is 18.2. The molecule has 1 fully saturated rings. The number of fused-ring (bicyclic) bond motifs is 1. The predicted molar refractivity (Wildman–Crippen MR) is 116 cm³/mol. The number of rotatable bonds is 5. The summed E-state index contributed by atoms with van der Waals surface area (Å²) in [5.41, 5.74) is 0.801. The van der Waals surface area contributed by atoms with Crippen molar-refractivity contribution in [2.24, 2.45) is 4.99 Å². The van der Waals surface area contributed by atoms with Gasteiger partial charge in [0.2, 0.25) is 5.91 Å². The molecule has 0 radical (unpaired) electrons. The van der Waals surface area contributed by atoms with E-state index in [1.165, 1.54) is 19.3 Å². The Morgan fingerprint density at radius 2 is 2.04 bits per heavy atom. The summed E-state index contributed by atoms with van der Waals surface area (Å²) in [4.78, 5) is 18.1. The molecule has 27 heavy (non-hydrogen) atoms. The van der Waals surface area contributed by atoms with Crippen LogP contribution in [-0.4, -0.2) is 58.0 Å². The first-order valence-electron chi connectivity index (χ1n) is 9.17. The summed E-state index contributed by atoms with van der Waals surface area (Å²) in [5, 5.41) is 15.0. The zero-order valence-electron chi connectivity index (χ0n) is 15.9. The SMILES string of the molecule is CN(C)C(=O)CNC(=NCc1nnc2ccccn12)NC1CCCCC1.I. The number of aromatic nitrogens is 3. The van der Waals surface area contributed by atoms with Gasteiger partial charge in [-0.2, -0.15) is 0 Å². The quantitative estimate of drug-likeness (QED) is 0.383. The minimum Gasteiger partial charge on any atom is -0.354 e. The molecule has 0 bridgehead atoms. The van der Waals surface area contributed by atoms with Crippen LogP contribution in [0.3, 0.4) is 0 Å². The van der Waals surface area contributed by atoms with E-state index in [-0.39, 0.29) is 36.4 Å². The highest BCUT2D eigenvalue weighted by atomic mass is 127. The van der Waals surface area contributed by atoms with Crippen molar-refractivity contribution in [2.75, 3.05) is 20.6 Å². The van der Waals surface area contributed by atoms with Gasteiger partial charge in [-0.25, -0.2) is 4.99 Å². The van der Waals surface area contributed by atoms with Gasteiger partial charge in [0.1, 0.15) is 6.54 Å². The van der Waals surface area contributed by atoms with Crippen LogP contribution in [0, 0.1) is 0 Å². The van der Waals surface area contributed by atoms with Crippen molar-refractivity contribution in [1.82, 2.24) is 30.1 Å². The monoisotopic (exact) mass is 485 g/mol. The minimum absolute atomic E-state index is 0. The van der Waals surface area contributed by atoms with Crippen LogP contribution in [0.4, 0.5) is 0 Å². The largest absolute Gasteiger partial charge is 0.354 e. The number of nitrogens with one attached hydrogen (secondary N) is 2. The number of guanidine groups is 1. The van der Waals surface area contributed by atoms with Gasteiger partial charge in [0, 0.05) is 26.3 Å². The van der Waals surface area contributed by atoms with Crippen LogP contribution in [-0.2, 0) is 11.3 Å². The van der Waals surface area contributed by atoms with Crippen LogP contribution < -0.4 is 10.6 Å². The second-order valence-corrected chi connectivity index (χ2v) is 6.83. The number of halogens is 1. The Morgan fingerprint density at radius 1 is 1.26 bits per heavy atom. The number of carbonyl (C=O) groups is 1. The van der Waals surface area contributed by atoms with E-state index in [4.69, 9.17) is 0 Å². The molecule has 1 aliphatic rings. The summed E-state index contributed by atoms with van der Waals surface area (Å²) < 4.78 is 1.92. The Kier molecular flexibility index (Phi) is 8.26. The van der Waals surface area contributed by atoms with Crippen LogP contribution in [0.5, 0.6) is 0 Å². The van der Waals surface area contributed by atoms with Gasteiger partial charge >= 0.3 is 0 Å². The Bertz CT molecular complexity index is 768. The lowest BCUT2D eigenvalue weighted by atomic mass is 9.96. The van der Waals surface area contributed by atoms with Crippen molar-refractivity contribution in [3.63, 3.8) is 0 Å². The number of carbonyl (C=O) groups excluding carboxylic acids is 1. The third kappa shape index (κ3) is 6.05. The van der Waals surface area contributed by atoms with Gasteiger partial charge in [-0.3, -0.25) is 9.20 Å². The predicted octanol–water partition coefficient (Wildman–Crippen LogP) is 1.80. The number of aliphatic imine (C=N–C) groups is 1. The Hall–Kier alpha value is -1.91. The van der Waals surface area contributed by atoms with Crippen LogP contribution in [0.15, 0.2) is 29.4 Å². The number of hydrogen-bond acceptors (Lipinski definition) is 4. The van der Waals surface area contributed by atoms with E-state index in [2.05, 4.69) is 25.8 Å². The summed E-state index contributed by atoms with van der Waals surface area (Å²) in [6.07, 6.45) is 7.96. The van der Waals surface area contributed by atoms with Crippen molar-refractivity contribution >= 4 is 41.5 Å². The summed E-state index contributed by atoms with van der Waals surface area (Å²) in [6.45, 7) is 0.607. The average molecular weight is 485 g/mol. The van der Waals surface area contributed by atoms with Crippen LogP contribution in [0.2, 0.25) is 0 Å². The molecule has 8 nitrogen and oxygen atoms in total. The second kappa shape index (κ2) is 10.4. The smallest absolute Gasteiger partial charge is 0.241 e. The standard InChI is InChI=1S/C18H27N7O.HI/c1-24(2)17(26)13-20-18(21-14-8-4-3-5-9-14)19-12-16-23-22-15-10-6-7-11-25(15)16;/h6-7,10-11,14H,3-5,8-9,12-13H2,1-2H3,(H2,19,20,21);1H. The molecule has 1 saturated carbocycles. The van der Waals surface area contributed by atoms with Gasteiger partial charge in [0.05, 0.1) is 6.54 Å². The topological polar surface area (TPSA) is 86.9 Å². The molecule has 2 aromatic rings. The maximum atomic E-state index is 11.9. The highest BCUT2D eigenvalue weighted by molar-refractivity contribution is 14.0. The molecule has 0 spiro atoms. The normalized spacial score (nSPS) is 15.3. The Balaban J connectivity index is 0.00000261. The van der Waals surface area contributed by atoms with Gasteiger partial charge in [-0.15, -0.1) is 34.2 Å². The highest BCUT2D eigenvalue weighted by Gasteiger charge is 2.16. The molecule has 2 heterocycles. The zero-order chi connectivity index (χ0) is 18.4. The number of amides is 1. The molecule has 0 aromatic carbocycles. The van der Waals surface area contributed by atoms with Crippen LogP contribution in [0.1, 0.15) is 37.9 Å². The van der Waals surface area contributed by atoms with Crippen molar-refractivity contribution < 1.29 is 4.79 Å². The fraction of sp³-hybridized carbons (Fsp3) is 0.556. The molecular formula is C18H28IN7O. The fourth-order valence-corrected chi connectivity index (χ4v) is 3.06. The van der Waals surface area contributed by atoms with Gasteiger partial charge in [-0.1, -0.05) is 25.3 Å². The third-order valence-electron chi connectivity index (χ3n) is 4.61. The molecule has 1 amide bonds. The number of nitrogens with zero attached hydrogens (tertiary/aromatic N) is 5. The summed E-state index contributed by atoms with van der Waals surface area (Å²) in [5.74, 6) is 1.43. The number of pyridine rings is 1. The van der Waals surface area contributed by atoms with Crippen LogP contribution in [0.25, 0.3) is 5.65 Å². The first kappa shape index (κ1) is 21.4. The Labute approximate surface area is 176 Å². The number of likely N-dealkylation sites (N-methyl/N-ethyl adjacent to an activating group) is 1. The lowest BCUT2D eigenvalue weighted by Gasteiger charge is -2.25. The van der Waals surface area contributed by atoms with Gasteiger partial charge in [0.25, 0.3) is 0 Å². The third-order valence-corrected chi connectivity index (χ3v) is 4.61. The van der Waals surface area contributed by atoms with E-state index in [0.717, 1.165) is 24.3 Å². The molecule has 1 aliphatic carbocycles. The van der Waals surface area contributed by atoms with E-state index in [0.29, 0.717) is 18.5 Å². The fourth-order valence-electron chi connectivity index (χ4n) is 3.06. The maximum Gasteiger partial charge on any atom is 0.241 e. The van der Waals surface area contributed by atoms with Crippen molar-refractivity contribution in [1.29, 1.82) is 0 Å². The molecule has 0 saturated heterocycles. The first-order valence-corrected chi connectivity index (χ1v) is 9.17. The molecule has 148 valence electrons. The molecular weight excluding hydrogens is 457 g/mol. The van der Waals surface area contributed by atoms with E-state index in [1.54, 1.807) is 19.0 Å². The molecule has 0 aliphatic heterocycles. The van der Waals surface area contributed by atoms with Gasteiger partial charge in [0.15, 0.2) is 17.4 Å². The van der Waals surface area contributed by atoms with Crippen molar-refractivity contribution in [3.8, 4) is 0 Å². The summed E-state index contributed by atoms with van der Waals surface area (Å²) in [7, 11) is 3.50. The van der Waals surface area contributed by atoms with Crippen LogP contribution >= 0.6 is 24.0 Å². The minimum atomic E-state index is 0. The lowest BCUT2D eigenvalue weighted by Crippen LogP contribution is -2.47. The highest BCUT2D eigenvalue weighted by Crippen LogP contribution is 2.17. The van der Waals surface area contributed by atoms with Crippen molar-refractivity contribution in [2.45, 2.75) is 44.7 Å². The van der Waals surface area contributed by atoms with Gasteiger partial charge < -0.3 is 15.5 Å². The molecule has 0 atom stereocenters. The van der Waals surface area contributed by atoms with E-state index >= 15 is 0 Å². The maximum absolute atomic E-state index is 11.9. The van der Waals surface area contributed by atoms with E-state index in [9.17, 15) is 4.79 Å². The number of hydrogen-bond donors (Lipinski definition) is 2. The molecule has 0 unspecified atom stereocenters.